The summed E-state index contributed by atoms with van der Waals surface area (Å²) in [6, 6.07) is 3.52. The van der Waals surface area contributed by atoms with E-state index in [9.17, 15) is 8.42 Å². The summed E-state index contributed by atoms with van der Waals surface area (Å²) >= 11 is 5.99. The van der Waals surface area contributed by atoms with Crippen LogP contribution in [0.2, 0.25) is 0 Å². The van der Waals surface area contributed by atoms with Crippen LogP contribution in [0.25, 0.3) is 5.57 Å². The first kappa shape index (κ1) is 14.2. The van der Waals surface area contributed by atoms with Gasteiger partial charge >= 0.3 is 0 Å². The molecule has 0 aromatic carbocycles. The van der Waals surface area contributed by atoms with Crippen molar-refractivity contribution in [2.75, 3.05) is 6.61 Å². The Balaban J connectivity index is 2.44. The summed E-state index contributed by atoms with van der Waals surface area (Å²) in [5, 5.41) is -0.188. The molecule has 1 atom stereocenters. The molecule has 0 spiro atoms. The molecule has 6 heteroatoms. The number of rotatable bonds is 4. The van der Waals surface area contributed by atoms with Crippen molar-refractivity contribution in [2.24, 2.45) is 0 Å². The zero-order valence-electron chi connectivity index (χ0n) is 10.4. The Bertz CT molecular complexity index is 608. The van der Waals surface area contributed by atoms with E-state index in [0.29, 0.717) is 17.0 Å². The maximum absolute atomic E-state index is 12.1. The highest BCUT2D eigenvalue weighted by Gasteiger charge is 2.31. The molecule has 1 aromatic rings. The molecule has 0 saturated carbocycles. The van der Waals surface area contributed by atoms with Gasteiger partial charge in [0.05, 0.1) is 6.61 Å². The molecular formula is C13H14ClNO3S. The van der Waals surface area contributed by atoms with Gasteiger partial charge in [0.1, 0.15) is 5.25 Å². The zero-order valence-corrected chi connectivity index (χ0v) is 12.0. The summed E-state index contributed by atoms with van der Waals surface area (Å²) in [5.74, 6) is 0. The minimum Gasteiger partial charge on any atom is -0.270 e. The van der Waals surface area contributed by atoms with E-state index in [0.717, 1.165) is 5.56 Å². The second-order valence-corrected chi connectivity index (χ2v) is 6.28. The fraction of sp³-hybridized carbons (Fsp3) is 0.308. The fourth-order valence-electron chi connectivity index (χ4n) is 1.98. The number of nitrogens with zero attached hydrogens (tertiary/aromatic N) is 1. The van der Waals surface area contributed by atoms with E-state index < -0.39 is 15.4 Å². The lowest BCUT2D eigenvalue weighted by atomic mass is 9.98. The largest absolute Gasteiger partial charge is 0.274 e. The van der Waals surface area contributed by atoms with Gasteiger partial charge in [-0.2, -0.15) is 8.42 Å². The van der Waals surface area contributed by atoms with Crippen LogP contribution in [-0.4, -0.2) is 25.3 Å². The third kappa shape index (κ3) is 3.23. The quantitative estimate of drug-likeness (QED) is 0.802. The van der Waals surface area contributed by atoms with E-state index in [1.807, 2.05) is 0 Å². The second-order valence-electron chi connectivity index (χ2n) is 4.05. The van der Waals surface area contributed by atoms with Crippen molar-refractivity contribution in [2.45, 2.75) is 18.6 Å². The molecule has 0 bridgehead atoms. The summed E-state index contributed by atoms with van der Waals surface area (Å²) in [4.78, 5) is 3.93. The van der Waals surface area contributed by atoms with Gasteiger partial charge in [-0.25, -0.2) is 0 Å². The van der Waals surface area contributed by atoms with Crippen LogP contribution in [0, 0.1) is 0 Å². The van der Waals surface area contributed by atoms with E-state index in [1.54, 1.807) is 43.6 Å². The van der Waals surface area contributed by atoms with Crippen LogP contribution in [-0.2, 0) is 14.3 Å². The van der Waals surface area contributed by atoms with Gasteiger partial charge in [-0.3, -0.25) is 9.17 Å². The number of pyridine rings is 1. The van der Waals surface area contributed by atoms with Gasteiger partial charge in [-0.05, 0) is 42.7 Å². The summed E-state index contributed by atoms with van der Waals surface area (Å²) in [5.41, 5.74) is 1.43. The highest BCUT2D eigenvalue weighted by atomic mass is 35.5. The van der Waals surface area contributed by atoms with Crippen LogP contribution >= 0.6 is 11.6 Å². The molecule has 1 heterocycles. The minimum absolute atomic E-state index is 0.125. The summed E-state index contributed by atoms with van der Waals surface area (Å²) in [6.07, 6.45) is 6.91. The number of aromatic nitrogens is 1. The zero-order chi connectivity index (χ0) is 13.9. The second kappa shape index (κ2) is 5.86. The topological polar surface area (TPSA) is 56.3 Å². The molecule has 4 nitrogen and oxygen atoms in total. The summed E-state index contributed by atoms with van der Waals surface area (Å²) in [6.45, 7) is 1.78. The van der Waals surface area contributed by atoms with E-state index in [1.165, 1.54) is 0 Å². The Labute approximate surface area is 117 Å². The van der Waals surface area contributed by atoms with E-state index in [4.69, 9.17) is 15.8 Å². The van der Waals surface area contributed by atoms with Gasteiger partial charge in [-0.1, -0.05) is 17.7 Å². The number of hydrogen-bond acceptors (Lipinski definition) is 4. The van der Waals surface area contributed by atoms with Crippen LogP contribution in [0.3, 0.4) is 0 Å². The number of hydrogen-bond donors (Lipinski definition) is 0. The lowest BCUT2D eigenvalue weighted by Crippen LogP contribution is -2.26. The Morgan fingerprint density at radius 2 is 2.11 bits per heavy atom. The highest BCUT2D eigenvalue weighted by Crippen LogP contribution is 2.33. The third-order valence-corrected chi connectivity index (χ3v) is 4.78. The van der Waals surface area contributed by atoms with Crippen molar-refractivity contribution >= 4 is 27.3 Å². The predicted octanol–water partition coefficient (Wildman–Crippen LogP) is 2.73. The molecule has 19 heavy (non-hydrogen) atoms. The van der Waals surface area contributed by atoms with Crippen LogP contribution in [0.1, 0.15) is 18.9 Å². The van der Waals surface area contributed by atoms with Gasteiger partial charge < -0.3 is 0 Å². The average molecular weight is 300 g/mol. The van der Waals surface area contributed by atoms with Gasteiger partial charge in [0, 0.05) is 17.4 Å². The molecule has 102 valence electrons. The Kier molecular flexibility index (Phi) is 4.39. The van der Waals surface area contributed by atoms with Crippen molar-refractivity contribution in [3.05, 3.63) is 47.3 Å². The maximum Gasteiger partial charge on any atom is 0.274 e. The molecule has 1 aliphatic rings. The van der Waals surface area contributed by atoms with E-state index in [-0.39, 0.29) is 6.61 Å². The normalized spacial score (nSPS) is 19.8. The van der Waals surface area contributed by atoms with Crippen molar-refractivity contribution in [1.29, 1.82) is 0 Å². The van der Waals surface area contributed by atoms with Crippen molar-refractivity contribution < 1.29 is 12.6 Å². The Morgan fingerprint density at radius 1 is 1.42 bits per heavy atom. The van der Waals surface area contributed by atoms with Crippen LogP contribution in [0.4, 0.5) is 0 Å². The molecule has 0 N–H and O–H groups in total. The molecule has 0 saturated heterocycles. The van der Waals surface area contributed by atoms with Crippen LogP contribution < -0.4 is 0 Å². The lowest BCUT2D eigenvalue weighted by Gasteiger charge is -2.22. The highest BCUT2D eigenvalue weighted by molar-refractivity contribution is 7.87. The maximum atomic E-state index is 12.1. The number of halogens is 1. The van der Waals surface area contributed by atoms with Crippen molar-refractivity contribution in [3.8, 4) is 0 Å². The molecule has 1 aliphatic carbocycles. The standard InChI is InChI=1S/C13H14ClNO3S/c1-2-18-19(16,17)13-4-3-11(14)9-12(13)10-5-7-15-8-6-10/h3,5-9,13H,2,4H2,1H3. The first-order valence-electron chi connectivity index (χ1n) is 5.90. The molecule has 1 unspecified atom stereocenters. The molecule has 0 radical (unpaired) electrons. The average Bonchev–Trinajstić information content (AvgIpc) is 2.39. The SMILES string of the molecule is CCOS(=O)(=O)C1CC=C(Cl)C=C1c1ccncc1. The third-order valence-electron chi connectivity index (χ3n) is 2.81. The van der Waals surface area contributed by atoms with Crippen molar-refractivity contribution in [1.82, 2.24) is 4.98 Å². The van der Waals surface area contributed by atoms with Crippen LogP contribution in [0.5, 0.6) is 0 Å². The molecule has 0 fully saturated rings. The summed E-state index contributed by atoms with van der Waals surface area (Å²) in [7, 11) is -3.65. The molecule has 0 aliphatic heterocycles. The number of allylic oxidation sites excluding steroid dienone is 3. The summed E-state index contributed by atoms with van der Waals surface area (Å²) < 4.78 is 29.1. The Hall–Kier alpha value is -1.17. The van der Waals surface area contributed by atoms with Gasteiger partial charge in [0.25, 0.3) is 10.1 Å². The molecule has 1 aromatic heterocycles. The predicted molar refractivity (Wildman–Crippen MR) is 75.1 cm³/mol. The van der Waals surface area contributed by atoms with Crippen LogP contribution in [0.15, 0.2) is 41.7 Å². The van der Waals surface area contributed by atoms with E-state index in [2.05, 4.69) is 4.98 Å². The van der Waals surface area contributed by atoms with Gasteiger partial charge in [0.2, 0.25) is 0 Å². The molecular weight excluding hydrogens is 286 g/mol. The fourth-order valence-corrected chi connectivity index (χ4v) is 3.53. The smallest absolute Gasteiger partial charge is 0.270 e. The molecule has 0 amide bonds. The Morgan fingerprint density at radius 3 is 2.74 bits per heavy atom. The van der Waals surface area contributed by atoms with Crippen molar-refractivity contribution in [3.63, 3.8) is 0 Å². The van der Waals surface area contributed by atoms with E-state index >= 15 is 0 Å². The first-order chi connectivity index (χ1) is 9.04. The minimum atomic E-state index is -3.65. The van der Waals surface area contributed by atoms with Gasteiger partial charge in [-0.15, -0.1) is 0 Å². The monoisotopic (exact) mass is 299 g/mol. The molecule has 2 rings (SSSR count). The first-order valence-corrected chi connectivity index (χ1v) is 7.75. The lowest BCUT2D eigenvalue weighted by molar-refractivity contribution is 0.334. The van der Waals surface area contributed by atoms with Gasteiger partial charge in [0.15, 0.2) is 0 Å².